The summed E-state index contributed by atoms with van der Waals surface area (Å²) < 4.78 is 0. The number of carboxylic acid groups (broad SMARTS) is 1. The van der Waals surface area contributed by atoms with Crippen molar-refractivity contribution in [2.45, 2.75) is 25.8 Å². The maximum absolute atomic E-state index is 12.3. The minimum absolute atomic E-state index is 0.0151. The maximum atomic E-state index is 12.3. The highest BCUT2D eigenvalue weighted by Gasteiger charge is 2.28. The van der Waals surface area contributed by atoms with Gasteiger partial charge in [0.15, 0.2) is 0 Å². The van der Waals surface area contributed by atoms with Crippen LogP contribution < -0.4 is 5.32 Å². The highest BCUT2D eigenvalue weighted by Crippen LogP contribution is 2.34. The van der Waals surface area contributed by atoms with Crippen molar-refractivity contribution in [1.82, 2.24) is 10.3 Å². The highest BCUT2D eigenvalue weighted by molar-refractivity contribution is 6.31. The molecule has 29 heavy (non-hydrogen) atoms. The van der Waals surface area contributed by atoms with E-state index in [2.05, 4.69) is 10.3 Å². The van der Waals surface area contributed by atoms with E-state index in [4.69, 9.17) is 16.7 Å². The van der Waals surface area contributed by atoms with E-state index in [1.54, 1.807) is 6.20 Å². The van der Waals surface area contributed by atoms with Crippen molar-refractivity contribution < 1.29 is 14.7 Å². The number of pyridine rings is 1. The van der Waals surface area contributed by atoms with E-state index in [0.29, 0.717) is 10.7 Å². The molecule has 0 atom stereocenters. The van der Waals surface area contributed by atoms with Crippen molar-refractivity contribution in [3.8, 4) is 22.3 Å². The van der Waals surface area contributed by atoms with Crippen LogP contribution in [-0.4, -0.2) is 27.5 Å². The number of carbonyl (C=O) groups is 2. The van der Waals surface area contributed by atoms with Crippen LogP contribution in [-0.2, 0) is 16.0 Å². The van der Waals surface area contributed by atoms with Gasteiger partial charge in [-0.1, -0.05) is 48.0 Å². The number of nitrogens with one attached hydrogen (secondary N) is 1. The first-order valence-corrected chi connectivity index (χ1v) is 9.49. The minimum Gasteiger partial charge on any atom is -0.480 e. The Morgan fingerprint density at radius 3 is 2.41 bits per heavy atom. The highest BCUT2D eigenvalue weighted by atomic mass is 35.5. The fourth-order valence-electron chi connectivity index (χ4n) is 2.98. The molecule has 0 saturated carbocycles. The smallest absolute Gasteiger partial charge is 0.328 e. The predicted molar refractivity (Wildman–Crippen MR) is 114 cm³/mol. The van der Waals surface area contributed by atoms with E-state index < -0.39 is 17.4 Å². The van der Waals surface area contributed by atoms with Crippen molar-refractivity contribution in [1.29, 1.82) is 0 Å². The third-order valence-electron chi connectivity index (χ3n) is 4.52. The number of amides is 1. The lowest BCUT2D eigenvalue weighted by Crippen LogP contribution is -2.50. The second-order valence-corrected chi connectivity index (χ2v) is 7.68. The van der Waals surface area contributed by atoms with Gasteiger partial charge in [0.25, 0.3) is 0 Å². The molecule has 0 fully saturated rings. The lowest BCUT2D eigenvalue weighted by molar-refractivity contribution is -0.145. The Hall–Kier alpha value is -3.18. The molecular weight excluding hydrogens is 388 g/mol. The number of aromatic nitrogens is 1. The summed E-state index contributed by atoms with van der Waals surface area (Å²) in [5.74, 6) is -1.50. The molecule has 1 heterocycles. The molecule has 0 saturated heterocycles. The summed E-state index contributed by atoms with van der Waals surface area (Å²) in [5.41, 5.74) is 3.09. The number of hydrogen-bond donors (Lipinski definition) is 2. The Morgan fingerprint density at radius 2 is 1.72 bits per heavy atom. The average Bonchev–Trinajstić information content (AvgIpc) is 2.68. The van der Waals surface area contributed by atoms with Gasteiger partial charge in [-0.3, -0.25) is 9.78 Å². The van der Waals surface area contributed by atoms with Gasteiger partial charge in [0.05, 0.1) is 12.1 Å². The number of carboxylic acids is 1. The molecule has 0 aliphatic heterocycles. The quantitative estimate of drug-likeness (QED) is 0.625. The van der Waals surface area contributed by atoms with Crippen LogP contribution in [0, 0.1) is 0 Å². The molecule has 3 rings (SSSR count). The van der Waals surface area contributed by atoms with Gasteiger partial charge in [-0.2, -0.15) is 0 Å². The summed E-state index contributed by atoms with van der Waals surface area (Å²) in [7, 11) is 0. The Kier molecular flexibility index (Phi) is 5.99. The average molecular weight is 409 g/mol. The number of carbonyl (C=O) groups excluding carboxylic acids is 1. The van der Waals surface area contributed by atoms with E-state index in [9.17, 15) is 9.59 Å². The summed E-state index contributed by atoms with van der Waals surface area (Å²) >= 11 is 6.23. The first-order valence-electron chi connectivity index (χ1n) is 9.11. The Balaban J connectivity index is 1.91. The maximum Gasteiger partial charge on any atom is 0.328 e. The van der Waals surface area contributed by atoms with Crippen LogP contribution in [0.3, 0.4) is 0 Å². The summed E-state index contributed by atoms with van der Waals surface area (Å²) in [6, 6.07) is 19.3. The molecule has 0 aliphatic rings. The van der Waals surface area contributed by atoms with E-state index in [1.807, 2.05) is 60.7 Å². The minimum atomic E-state index is -1.34. The van der Waals surface area contributed by atoms with Crippen LogP contribution >= 0.6 is 11.6 Å². The van der Waals surface area contributed by atoms with Gasteiger partial charge in [-0.15, -0.1) is 0 Å². The first kappa shape index (κ1) is 20.6. The molecule has 6 heteroatoms. The van der Waals surface area contributed by atoms with Gasteiger partial charge >= 0.3 is 5.97 Å². The molecule has 0 spiro atoms. The van der Waals surface area contributed by atoms with Crippen molar-refractivity contribution >= 4 is 23.5 Å². The van der Waals surface area contributed by atoms with Crippen molar-refractivity contribution in [2.24, 2.45) is 0 Å². The Labute approximate surface area is 174 Å². The number of rotatable bonds is 6. The van der Waals surface area contributed by atoms with Gasteiger partial charge in [0.2, 0.25) is 5.91 Å². The Bertz CT molecular complexity index is 1050. The number of halogens is 1. The zero-order chi connectivity index (χ0) is 21.0. The molecule has 0 aliphatic carbocycles. The third kappa shape index (κ3) is 5.00. The van der Waals surface area contributed by atoms with Crippen LogP contribution in [0.5, 0.6) is 0 Å². The largest absolute Gasteiger partial charge is 0.480 e. The van der Waals surface area contributed by atoms with Gasteiger partial charge in [-0.05, 0) is 60.4 Å². The molecule has 1 amide bonds. The summed E-state index contributed by atoms with van der Waals surface area (Å²) in [4.78, 5) is 27.8. The molecule has 0 unspecified atom stereocenters. The first-order chi connectivity index (χ1) is 13.8. The van der Waals surface area contributed by atoms with E-state index in [1.165, 1.54) is 13.8 Å². The second-order valence-electron chi connectivity index (χ2n) is 7.25. The van der Waals surface area contributed by atoms with Gasteiger partial charge in [0, 0.05) is 11.2 Å². The molecule has 0 bridgehead atoms. The number of hydrogen-bond acceptors (Lipinski definition) is 3. The number of aliphatic carboxylic acids is 1. The second kappa shape index (κ2) is 8.45. The standard InChI is InChI=1S/C23H21ClN2O3/c1-23(2,22(28)29)26-21(27)14-18-12-16(10-11-25-18)19-9-8-17(24)13-20(19)15-6-4-3-5-7-15/h3-13H,14H2,1-2H3,(H,26,27)(H,28,29). The lowest BCUT2D eigenvalue weighted by atomic mass is 9.94. The predicted octanol–water partition coefficient (Wildman–Crippen LogP) is 4.59. The molecule has 2 N–H and O–H groups in total. The SMILES string of the molecule is CC(C)(NC(=O)Cc1cc(-c2ccc(Cl)cc2-c2ccccc2)ccn1)C(=O)O. The van der Waals surface area contributed by atoms with Crippen LogP contribution in [0.25, 0.3) is 22.3 Å². The van der Waals surface area contributed by atoms with Crippen molar-refractivity contribution in [2.75, 3.05) is 0 Å². The summed E-state index contributed by atoms with van der Waals surface area (Å²) in [5, 5.41) is 12.3. The van der Waals surface area contributed by atoms with E-state index in [-0.39, 0.29) is 6.42 Å². The van der Waals surface area contributed by atoms with Gasteiger partial charge < -0.3 is 10.4 Å². The molecule has 0 radical (unpaired) electrons. The molecule has 148 valence electrons. The zero-order valence-corrected chi connectivity index (χ0v) is 16.9. The monoisotopic (exact) mass is 408 g/mol. The van der Waals surface area contributed by atoms with Gasteiger partial charge in [0.1, 0.15) is 5.54 Å². The zero-order valence-electron chi connectivity index (χ0n) is 16.1. The van der Waals surface area contributed by atoms with E-state index >= 15 is 0 Å². The molecule has 3 aromatic rings. The molecular formula is C23H21ClN2O3. The topological polar surface area (TPSA) is 79.3 Å². The Morgan fingerprint density at radius 1 is 1.00 bits per heavy atom. The fraction of sp³-hybridized carbons (Fsp3) is 0.174. The van der Waals surface area contributed by atoms with Gasteiger partial charge in [-0.25, -0.2) is 4.79 Å². The molecule has 5 nitrogen and oxygen atoms in total. The fourth-order valence-corrected chi connectivity index (χ4v) is 3.15. The van der Waals surface area contributed by atoms with E-state index in [0.717, 1.165) is 22.3 Å². The van der Waals surface area contributed by atoms with Crippen LogP contribution in [0.2, 0.25) is 5.02 Å². The number of nitrogens with zero attached hydrogens (tertiary/aromatic N) is 1. The van der Waals surface area contributed by atoms with Crippen LogP contribution in [0.1, 0.15) is 19.5 Å². The third-order valence-corrected chi connectivity index (χ3v) is 4.76. The lowest BCUT2D eigenvalue weighted by Gasteiger charge is -2.20. The molecule has 2 aromatic carbocycles. The van der Waals surface area contributed by atoms with Crippen molar-refractivity contribution in [3.05, 3.63) is 77.6 Å². The molecule has 1 aromatic heterocycles. The number of benzene rings is 2. The summed E-state index contributed by atoms with van der Waals surface area (Å²) in [6.07, 6.45) is 1.63. The van der Waals surface area contributed by atoms with Crippen LogP contribution in [0.4, 0.5) is 0 Å². The van der Waals surface area contributed by atoms with Crippen LogP contribution in [0.15, 0.2) is 66.9 Å². The summed E-state index contributed by atoms with van der Waals surface area (Å²) in [6.45, 7) is 2.88. The van der Waals surface area contributed by atoms with Crippen molar-refractivity contribution in [3.63, 3.8) is 0 Å². The normalized spacial score (nSPS) is 11.1.